The first-order valence-corrected chi connectivity index (χ1v) is 12.0. The van der Waals surface area contributed by atoms with E-state index in [4.69, 9.17) is 14.2 Å². The van der Waals surface area contributed by atoms with Crippen molar-refractivity contribution in [3.8, 4) is 0 Å². The molecular formula is C31H30O4. The van der Waals surface area contributed by atoms with Gasteiger partial charge in [-0.05, 0) is 22.3 Å². The Morgan fingerprint density at radius 2 is 1.14 bits per heavy atom. The van der Waals surface area contributed by atoms with Crippen molar-refractivity contribution in [3.05, 3.63) is 144 Å². The number of hydrogen-bond acceptors (Lipinski definition) is 4. The lowest BCUT2D eigenvalue weighted by Crippen LogP contribution is -2.40. The van der Waals surface area contributed by atoms with Crippen molar-refractivity contribution < 1.29 is 19.3 Å². The van der Waals surface area contributed by atoms with Crippen molar-refractivity contribution in [2.75, 3.05) is 13.2 Å². The summed E-state index contributed by atoms with van der Waals surface area (Å²) in [7, 11) is 0. The fourth-order valence-electron chi connectivity index (χ4n) is 4.70. The summed E-state index contributed by atoms with van der Waals surface area (Å²) in [6, 6.07) is 40.6. The van der Waals surface area contributed by atoms with Gasteiger partial charge in [0.25, 0.3) is 0 Å². The van der Waals surface area contributed by atoms with Crippen molar-refractivity contribution in [3.63, 3.8) is 0 Å². The van der Waals surface area contributed by atoms with E-state index in [1.165, 1.54) is 0 Å². The van der Waals surface area contributed by atoms with Crippen molar-refractivity contribution in [2.24, 2.45) is 0 Å². The lowest BCUT2D eigenvalue weighted by Gasteiger charge is -2.37. The maximum absolute atomic E-state index is 11.0. The zero-order valence-corrected chi connectivity index (χ0v) is 19.6. The minimum atomic E-state index is -0.851. The van der Waals surface area contributed by atoms with Crippen molar-refractivity contribution >= 4 is 0 Å². The standard InChI is InChI=1S/C31H30O4/c32-30-28(33-21-24-13-5-1-6-14-24)22-34-29(30)23-35-31(25-15-7-2-8-16-25,26-17-9-3-10-18-26)27-19-11-4-12-20-27/h1-20,28-30,32H,21-23H2/t28-,29-,30-/m1/s1. The topological polar surface area (TPSA) is 47.9 Å². The molecule has 1 aliphatic rings. The average Bonchev–Trinajstić information content (AvgIpc) is 3.29. The molecule has 1 saturated heterocycles. The Bertz CT molecular complexity index is 1070. The maximum Gasteiger partial charge on any atom is 0.143 e. The van der Waals surface area contributed by atoms with Gasteiger partial charge in [0.05, 0.1) is 19.8 Å². The molecule has 4 nitrogen and oxygen atoms in total. The highest BCUT2D eigenvalue weighted by molar-refractivity contribution is 5.47. The highest BCUT2D eigenvalue weighted by Gasteiger charge is 2.42. The number of aliphatic hydroxyl groups is 1. The molecule has 0 unspecified atom stereocenters. The summed E-state index contributed by atoms with van der Waals surface area (Å²) in [4.78, 5) is 0. The minimum absolute atomic E-state index is 0.213. The van der Waals surface area contributed by atoms with Crippen molar-refractivity contribution in [1.82, 2.24) is 0 Å². The molecule has 35 heavy (non-hydrogen) atoms. The van der Waals surface area contributed by atoms with Gasteiger partial charge < -0.3 is 19.3 Å². The zero-order chi connectivity index (χ0) is 23.9. The van der Waals surface area contributed by atoms with E-state index in [2.05, 4.69) is 36.4 Å². The van der Waals surface area contributed by atoms with Gasteiger partial charge in [-0.3, -0.25) is 0 Å². The van der Waals surface area contributed by atoms with E-state index in [1.807, 2.05) is 84.9 Å². The molecule has 178 valence electrons. The van der Waals surface area contributed by atoms with Crippen LogP contribution in [0.15, 0.2) is 121 Å². The Labute approximate surface area is 206 Å². The fraction of sp³-hybridized carbons (Fsp3) is 0.226. The predicted molar refractivity (Wildman–Crippen MR) is 136 cm³/mol. The molecule has 0 aromatic heterocycles. The van der Waals surface area contributed by atoms with Gasteiger partial charge >= 0.3 is 0 Å². The van der Waals surface area contributed by atoms with Gasteiger partial charge in [0.2, 0.25) is 0 Å². The second-order valence-corrected chi connectivity index (χ2v) is 8.79. The van der Waals surface area contributed by atoms with Crippen LogP contribution >= 0.6 is 0 Å². The Hall–Kier alpha value is -3.28. The van der Waals surface area contributed by atoms with E-state index in [0.29, 0.717) is 13.2 Å². The van der Waals surface area contributed by atoms with Crippen LogP contribution < -0.4 is 0 Å². The van der Waals surface area contributed by atoms with Crippen LogP contribution in [-0.4, -0.2) is 36.6 Å². The first-order valence-electron chi connectivity index (χ1n) is 12.0. The second-order valence-electron chi connectivity index (χ2n) is 8.79. The van der Waals surface area contributed by atoms with Crippen LogP contribution in [0.1, 0.15) is 22.3 Å². The molecule has 1 fully saturated rings. The van der Waals surface area contributed by atoms with Crippen LogP contribution in [0.2, 0.25) is 0 Å². The first-order chi connectivity index (χ1) is 17.3. The molecule has 1 heterocycles. The largest absolute Gasteiger partial charge is 0.388 e. The van der Waals surface area contributed by atoms with Crippen LogP contribution in [0, 0.1) is 0 Å². The van der Waals surface area contributed by atoms with Crippen molar-refractivity contribution in [2.45, 2.75) is 30.5 Å². The normalized spacial score (nSPS) is 20.1. The van der Waals surface area contributed by atoms with Gasteiger partial charge in [0, 0.05) is 0 Å². The highest BCUT2D eigenvalue weighted by Crippen LogP contribution is 2.41. The highest BCUT2D eigenvalue weighted by atomic mass is 16.6. The summed E-state index contributed by atoms with van der Waals surface area (Å²) < 4.78 is 18.8. The van der Waals surface area contributed by atoms with Gasteiger partial charge in [0.15, 0.2) is 0 Å². The molecule has 1 N–H and O–H groups in total. The average molecular weight is 467 g/mol. The Morgan fingerprint density at radius 3 is 1.63 bits per heavy atom. The molecule has 1 aliphatic heterocycles. The van der Waals surface area contributed by atoms with E-state index in [0.717, 1.165) is 22.3 Å². The molecule has 5 rings (SSSR count). The minimum Gasteiger partial charge on any atom is -0.388 e. The summed E-state index contributed by atoms with van der Waals surface area (Å²) in [6.45, 7) is 0.976. The van der Waals surface area contributed by atoms with Gasteiger partial charge in [-0.1, -0.05) is 121 Å². The first kappa shape index (κ1) is 23.5. The number of hydrogen-bond donors (Lipinski definition) is 1. The molecule has 0 saturated carbocycles. The summed E-state index contributed by atoms with van der Waals surface area (Å²) in [6.07, 6.45) is -1.67. The SMILES string of the molecule is O[C@@H]1[C@H](OCc2ccccc2)CO[C@@H]1COC(c1ccccc1)(c1ccccc1)c1ccccc1. The molecule has 0 aliphatic carbocycles. The molecule has 3 atom stereocenters. The summed E-state index contributed by atoms with van der Waals surface area (Å²) >= 11 is 0. The van der Waals surface area contributed by atoms with Crippen molar-refractivity contribution in [1.29, 1.82) is 0 Å². The van der Waals surface area contributed by atoms with E-state index in [-0.39, 0.29) is 6.61 Å². The zero-order valence-electron chi connectivity index (χ0n) is 19.6. The lowest BCUT2D eigenvalue weighted by atomic mass is 9.80. The Balaban J connectivity index is 1.40. The fourth-order valence-corrected chi connectivity index (χ4v) is 4.70. The second kappa shape index (κ2) is 11.0. The Morgan fingerprint density at radius 1 is 0.686 bits per heavy atom. The number of benzene rings is 4. The number of aliphatic hydroxyl groups excluding tert-OH is 1. The smallest absolute Gasteiger partial charge is 0.143 e. The van der Waals surface area contributed by atoms with E-state index in [1.54, 1.807) is 0 Å². The van der Waals surface area contributed by atoms with Crippen LogP contribution in [0.25, 0.3) is 0 Å². The van der Waals surface area contributed by atoms with Gasteiger partial charge in [-0.2, -0.15) is 0 Å². The predicted octanol–water partition coefficient (Wildman–Crippen LogP) is 5.34. The molecule has 0 radical (unpaired) electrons. The van der Waals surface area contributed by atoms with Crippen LogP contribution in [-0.2, 0) is 26.4 Å². The third kappa shape index (κ3) is 5.07. The quantitative estimate of drug-likeness (QED) is 0.338. The summed E-state index contributed by atoms with van der Waals surface area (Å²) in [5.41, 5.74) is 3.26. The number of rotatable bonds is 9. The van der Waals surface area contributed by atoms with Crippen LogP contribution in [0.3, 0.4) is 0 Å². The van der Waals surface area contributed by atoms with Crippen LogP contribution in [0.5, 0.6) is 0 Å². The lowest BCUT2D eigenvalue weighted by molar-refractivity contribution is -0.0765. The molecule has 4 aromatic rings. The molecule has 4 heteroatoms. The van der Waals surface area contributed by atoms with E-state index >= 15 is 0 Å². The van der Waals surface area contributed by atoms with Gasteiger partial charge in [-0.25, -0.2) is 0 Å². The van der Waals surface area contributed by atoms with Gasteiger partial charge in [-0.15, -0.1) is 0 Å². The molecule has 4 aromatic carbocycles. The van der Waals surface area contributed by atoms with Gasteiger partial charge in [0.1, 0.15) is 23.9 Å². The monoisotopic (exact) mass is 466 g/mol. The number of ether oxygens (including phenoxy) is 3. The van der Waals surface area contributed by atoms with E-state index in [9.17, 15) is 5.11 Å². The molecule has 0 bridgehead atoms. The molecular weight excluding hydrogens is 436 g/mol. The summed E-state index contributed by atoms with van der Waals surface area (Å²) in [5, 5.41) is 11.0. The maximum atomic E-state index is 11.0. The molecule has 0 amide bonds. The molecule has 0 spiro atoms. The Kier molecular flexibility index (Phi) is 7.36. The van der Waals surface area contributed by atoms with E-state index < -0.39 is 23.9 Å². The van der Waals surface area contributed by atoms with Crippen LogP contribution in [0.4, 0.5) is 0 Å². The third-order valence-corrected chi connectivity index (χ3v) is 6.55. The third-order valence-electron chi connectivity index (χ3n) is 6.55. The summed E-state index contributed by atoms with van der Waals surface area (Å²) in [5.74, 6) is 0.